The quantitative estimate of drug-likeness (QED) is 0.674. The number of methoxy groups -OCH3 is 2. The highest BCUT2D eigenvalue weighted by molar-refractivity contribution is 5.84. The van der Waals surface area contributed by atoms with Gasteiger partial charge in [0.1, 0.15) is 0 Å². The molecule has 0 radical (unpaired) electrons. The van der Waals surface area contributed by atoms with Crippen molar-refractivity contribution in [3.8, 4) is 0 Å². The van der Waals surface area contributed by atoms with E-state index in [4.69, 9.17) is 4.74 Å². The summed E-state index contributed by atoms with van der Waals surface area (Å²) < 4.78 is 9.20. The first kappa shape index (κ1) is 10.4. The van der Waals surface area contributed by atoms with Crippen molar-refractivity contribution in [1.82, 2.24) is 9.97 Å². The fourth-order valence-corrected chi connectivity index (χ4v) is 0.923. The number of carbonyl (C=O) groups excluding carboxylic acids is 1. The number of esters is 1. The van der Waals surface area contributed by atoms with Gasteiger partial charge >= 0.3 is 5.97 Å². The molecule has 0 aliphatic rings. The molecule has 0 amide bonds. The molecule has 1 N–H and O–H groups in total. The first-order valence-corrected chi connectivity index (χ1v) is 3.85. The molecule has 0 atom stereocenters. The van der Waals surface area contributed by atoms with Crippen molar-refractivity contribution in [2.45, 2.75) is 6.61 Å². The number of aromatic nitrogens is 2. The Morgan fingerprint density at radius 3 is 2.86 bits per heavy atom. The van der Waals surface area contributed by atoms with E-state index in [2.05, 4.69) is 14.7 Å². The second-order valence-corrected chi connectivity index (χ2v) is 2.51. The Balaban J connectivity index is 3.07. The second kappa shape index (κ2) is 4.52. The Hall–Kier alpha value is -1.69. The van der Waals surface area contributed by atoms with Crippen LogP contribution in [0.5, 0.6) is 0 Å². The minimum absolute atomic E-state index is 0.118. The van der Waals surface area contributed by atoms with E-state index in [0.717, 1.165) is 0 Å². The number of rotatable bonds is 3. The van der Waals surface area contributed by atoms with E-state index >= 15 is 0 Å². The van der Waals surface area contributed by atoms with Gasteiger partial charge in [0.25, 0.3) is 5.56 Å². The maximum atomic E-state index is 11.0. The Kier molecular flexibility index (Phi) is 3.35. The summed E-state index contributed by atoms with van der Waals surface area (Å²) in [4.78, 5) is 28.2. The molecule has 0 fully saturated rings. The number of H-pyrrole nitrogens is 1. The molecule has 14 heavy (non-hydrogen) atoms. The van der Waals surface area contributed by atoms with Crippen LogP contribution in [0.1, 0.15) is 16.3 Å². The van der Waals surface area contributed by atoms with Crippen LogP contribution >= 0.6 is 0 Å². The third-order valence-electron chi connectivity index (χ3n) is 1.47. The van der Waals surface area contributed by atoms with Crippen LogP contribution in [-0.2, 0) is 16.1 Å². The predicted molar refractivity (Wildman–Crippen MR) is 46.9 cm³/mol. The van der Waals surface area contributed by atoms with Gasteiger partial charge in [-0.15, -0.1) is 0 Å². The van der Waals surface area contributed by atoms with E-state index in [0.29, 0.717) is 5.69 Å². The zero-order valence-electron chi connectivity index (χ0n) is 7.86. The Bertz CT molecular complexity index is 385. The number of ether oxygens (including phenoxy) is 2. The van der Waals surface area contributed by atoms with Crippen molar-refractivity contribution in [1.29, 1.82) is 0 Å². The van der Waals surface area contributed by atoms with Crippen LogP contribution in [-0.4, -0.2) is 30.2 Å². The van der Waals surface area contributed by atoms with Gasteiger partial charge in [-0.1, -0.05) is 0 Å². The molecular weight excluding hydrogens is 188 g/mol. The first-order valence-electron chi connectivity index (χ1n) is 3.85. The van der Waals surface area contributed by atoms with Gasteiger partial charge in [-0.3, -0.25) is 4.79 Å². The van der Waals surface area contributed by atoms with Crippen LogP contribution in [0.4, 0.5) is 0 Å². The molecule has 0 aromatic carbocycles. The predicted octanol–water partition coefficient (Wildman–Crippen LogP) is -0.297. The minimum atomic E-state index is -0.681. The van der Waals surface area contributed by atoms with Gasteiger partial charge in [-0.05, 0) is 0 Å². The van der Waals surface area contributed by atoms with E-state index in [1.165, 1.54) is 20.3 Å². The standard InChI is InChI=1S/C8H10N2O4/c1-13-4-5-3-6(11)10-7(9-5)8(12)14-2/h3H,4H2,1-2H3,(H,9,10,11). The number of nitrogens with zero attached hydrogens (tertiary/aromatic N) is 1. The molecule has 0 saturated heterocycles. The summed E-state index contributed by atoms with van der Waals surface area (Å²) in [6, 6.07) is 1.26. The van der Waals surface area contributed by atoms with Gasteiger partial charge in [-0.2, -0.15) is 0 Å². The van der Waals surface area contributed by atoms with Crippen molar-refractivity contribution >= 4 is 5.97 Å². The van der Waals surface area contributed by atoms with Crippen LogP contribution in [0.3, 0.4) is 0 Å². The van der Waals surface area contributed by atoms with E-state index in [1.54, 1.807) is 0 Å². The summed E-state index contributed by atoms with van der Waals surface area (Å²) in [6.07, 6.45) is 0. The van der Waals surface area contributed by atoms with Crippen molar-refractivity contribution in [2.24, 2.45) is 0 Å². The van der Waals surface area contributed by atoms with Crippen LogP contribution in [0.15, 0.2) is 10.9 Å². The summed E-state index contributed by atoms with van der Waals surface area (Å²) in [5.41, 5.74) is -0.0240. The molecule has 1 aromatic rings. The lowest BCUT2D eigenvalue weighted by Gasteiger charge is -2.01. The van der Waals surface area contributed by atoms with E-state index < -0.39 is 11.5 Å². The molecule has 0 spiro atoms. The van der Waals surface area contributed by atoms with Crippen molar-refractivity contribution in [2.75, 3.05) is 14.2 Å². The largest absolute Gasteiger partial charge is 0.463 e. The lowest BCUT2D eigenvalue weighted by molar-refractivity contribution is 0.0585. The summed E-state index contributed by atoms with van der Waals surface area (Å²) in [6.45, 7) is 0.175. The zero-order chi connectivity index (χ0) is 10.6. The zero-order valence-corrected chi connectivity index (χ0v) is 7.86. The highest BCUT2D eigenvalue weighted by Gasteiger charge is 2.09. The van der Waals surface area contributed by atoms with Crippen molar-refractivity contribution < 1.29 is 14.3 Å². The van der Waals surface area contributed by atoms with Crippen LogP contribution < -0.4 is 5.56 Å². The summed E-state index contributed by atoms with van der Waals surface area (Å²) in [5, 5.41) is 0. The maximum Gasteiger partial charge on any atom is 0.374 e. The van der Waals surface area contributed by atoms with Crippen molar-refractivity contribution in [3.63, 3.8) is 0 Å². The van der Waals surface area contributed by atoms with Crippen LogP contribution in [0.2, 0.25) is 0 Å². The highest BCUT2D eigenvalue weighted by Crippen LogP contribution is 1.95. The minimum Gasteiger partial charge on any atom is -0.463 e. The SMILES string of the molecule is COCc1cc(=O)[nH]c(C(=O)OC)n1. The van der Waals surface area contributed by atoms with E-state index in [1.807, 2.05) is 0 Å². The molecule has 76 valence electrons. The molecule has 0 saturated carbocycles. The number of nitrogens with one attached hydrogen (secondary N) is 1. The van der Waals surface area contributed by atoms with Gasteiger partial charge in [-0.25, -0.2) is 9.78 Å². The fourth-order valence-electron chi connectivity index (χ4n) is 0.923. The first-order chi connectivity index (χ1) is 6.67. The number of aromatic amines is 1. The Morgan fingerprint density at radius 2 is 2.29 bits per heavy atom. The molecule has 6 nitrogen and oxygen atoms in total. The topological polar surface area (TPSA) is 81.3 Å². The summed E-state index contributed by atoms with van der Waals surface area (Å²) in [7, 11) is 2.69. The van der Waals surface area contributed by atoms with E-state index in [-0.39, 0.29) is 12.4 Å². The highest BCUT2D eigenvalue weighted by atomic mass is 16.5. The average Bonchev–Trinajstić information content (AvgIpc) is 2.16. The van der Waals surface area contributed by atoms with Gasteiger partial charge < -0.3 is 14.5 Å². The molecular formula is C8H10N2O4. The molecule has 6 heteroatoms. The fraction of sp³-hybridized carbons (Fsp3) is 0.375. The molecule has 1 heterocycles. The van der Waals surface area contributed by atoms with Crippen LogP contribution in [0.25, 0.3) is 0 Å². The summed E-state index contributed by atoms with van der Waals surface area (Å²) in [5.74, 6) is -0.799. The Labute approximate surface area is 79.9 Å². The van der Waals surface area contributed by atoms with Gasteiger partial charge in [0.05, 0.1) is 19.4 Å². The average molecular weight is 198 g/mol. The van der Waals surface area contributed by atoms with Crippen molar-refractivity contribution in [3.05, 3.63) is 27.9 Å². The molecule has 1 rings (SSSR count). The number of hydrogen-bond donors (Lipinski definition) is 1. The third-order valence-corrected chi connectivity index (χ3v) is 1.47. The van der Waals surface area contributed by atoms with Gasteiger partial charge in [0.2, 0.25) is 5.82 Å². The number of hydrogen-bond acceptors (Lipinski definition) is 5. The molecule has 0 bridgehead atoms. The maximum absolute atomic E-state index is 11.0. The smallest absolute Gasteiger partial charge is 0.374 e. The molecule has 0 aliphatic carbocycles. The normalized spacial score (nSPS) is 9.86. The van der Waals surface area contributed by atoms with Gasteiger partial charge in [0, 0.05) is 13.2 Å². The lowest BCUT2D eigenvalue weighted by Crippen LogP contribution is -2.17. The lowest BCUT2D eigenvalue weighted by atomic mass is 10.4. The summed E-state index contributed by atoms with van der Waals surface area (Å²) >= 11 is 0. The van der Waals surface area contributed by atoms with Crippen LogP contribution in [0, 0.1) is 0 Å². The third kappa shape index (κ3) is 2.40. The van der Waals surface area contributed by atoms with E-state index in [9.17, 15) is 9.59 Å². The molecule has 0 unspecified atom stereocenters. The monoisotopic (exact) mass is 198 g/mol. The molecule has 0 aliphatic heterocycles. The Morgan fingerprint density at radius 1 is 1.57 bits per heavy atom. The molecule has 1 aromatic heterocycles. The number of carbonyl (C=O) groups is 1. The second-order valence-electron chi connectivity index (χ2n) is 2.51. The van der Waals surface area contributed by atoms with Gasteiger partial charge in [0.15, 0.2) is 0 Å².